The van der Waals surface area contributed by atoms with E-state index < -0.39 is 0 Å². The van der Waals surface area contributed by atoms with E-state index in [1.807, 2.05) is 41.3 Å². The van der Waals surface area contributed by atoms with Crippen molar-refractivity contribution >= 4 is 11.6 Å². The highest BCUT2D eigenvalue weighted by molar-refractivity contribution is 6.00. The summed E-state index contributed by atoms with van der Waals surface area (Å²) in [5.41, 5.74) is 1.02. The van der Waals surface area contributed by atoms with Crippen LogP contribution in [-0.4, -0.2) is 11.9 Å². The molecule has 0 saturated carbocycles. The van der Waals surface area contributed by atoms with Gasteiger partial charge in [-0.05, 0) is 18.6 Å². The summed E-state index contributed by atoms with van der Waals surface area (Å²) in [6, 6.07) is 10.2. The van der Waals surface area contributed by atoms with Gasteiger partial charge >= 0.3 is 0 Å². The van der Waals surface area contributed by atoms with Gasteiger partial charge in [0.05, 0.1) is 12.0 Å². The first kappa shape index (κ1) is 7.80. The second-order valence-corrected chi connectivity index (χ2v) is 3.84. The highest BCUT2D eigenvalue weighted by Crippen LogP contribution is 2.36. The number of nitrogens with zero attached hydrogens (tertiary/aromatic N) is 1. The van der Waals surface area contributed by atoms with Crippen LogP contribution >= 0.6 is 0 Å². The van der Waals surface area contributed by atoms with Crippen molar-refractivity contribution in [1.82, 2.24) is 0 Å². The molecule has 1 heterocycles. The largest absolute Gasteiger partial charge is 0.305 e. The van der Waals surface area contributed by atoms with Crippen molar-refractivity contribution < 1.29 is 4.79 Å². The Bertz CT molecular complexity index is 396. The van der Waals surface area contributed by atoms with Gasteiger partial charge in [0.15, 0.2) is 0 Å². The average molecular weight is 185 g/mol. The smallest absolute Gasteiger partial charge is 0.234 e. The molecule has 70 valence electrons. The van der Waals surface area contributed by atoms with Crippen LogP contribution in [0.1, 0.15) is 6.42 Å². The maximum absolute atomic E-state index is 11.8. The number of rotatable bonds is 1. The van der Waals surface area contributed by atoms with Gasteiger partial charge in [0, 0.05) is 5.69 Å². The summed E-state index contributed by atoms with van der Waals surface area (Å²) in [6.45, 7) is 0. The van der Waals surface area contributed by atoms with E-state index in [0.29, 0.717) is 6.04 Å². The highest BCUT2D eigenvalue weighted by atomic mass is 16.2. The molecular weight excluding hydrogens is 174 g/mol. The Morgan fingerprint density at radius 3 is 2.57 bits per heavy atom. The molecule has 2 bridgehead atoms. The molecule has 1 amide bonds. The SMILES string of the molecule is O=C1[C@H]2C=C[C@@H](C2)N1c1ccccc1. The predicted octanol–water partition coefficient (Wildman–Crippen LogP) is 1.98. The van der Waals surface area contributed by atoms with E-state index in [2.05, 4.69) is 6.08 Å². The van der Waals surface area contributed by atoms with Crippen LogP contribution in [0.2, 0.25) is 0 Å². The van der Waals surface area contributed by atoms with Gasteiger partial charge in [-0.1, -0.05) is 30.4 Å². The molecule has 2 nitrogen and oxygen atoms in total. The van der Waals surface area contributed by atoms with E-state index in [4.69, 9.17) is 0 Å². The summed E-state index contributed by atoms with van der Waals surface area (Å²) < 4.78 is 0. The van der Waals surface area contributed by atoms with Crippen molar-refractivity contribution in [2.75, 3.05) is 4.90 Å². The van der Waals surface area contributed by atoms with Crippen molar-refractivity contribution in [2.24, 2.45) is 5.92 Å². The first-order valence-electron chi connectivity index (χ1n) is 4.93. The van der Waals surface area contributed by atoms with Crippen LogP contribution in [0, 0.1) is 5.92 Å². The van der Waals surface area contributed by atoms with E-state index in [9.17, 15) is 4.79 Å². The van der Waals surface area contributed by atoms with Crippen LogP contribution in [0.3, 0.4) is 0 Å². The summed E-state index contributed by atoms with van der Waals surface area (Å²) in [7, 11) is 0. The second-order valence-electron chi connectivity index (χ2n) is 3.84. The van der Waals surface area contributed by atoms with Crippen LogP contribution in [0.4, 0.5) is 5.69 Å². The Balaban J connectivity index is 2.01. The Morgan fingerprint density at radius 1 is 1.14 bits per heavy atom. The normalized spacial score (nSPS) is 28.9. The zero-order valence-electron chi connectivity index (χ0n) is 7.76. The molecule has 1 aromatic rings. The van der Waals surface area contributed by atoms with Gasteiger partial charge in [0.25, 0.3) is 0 Å². The van der Waals surface area contributed by atoms with Gasteiger partial charge in [0.2, 0.25) is 5.91 Å². The lowest BCUT2D eigenvalue weighted by molar-refractivity contribution is -0.119. The molecule has 2 heteroatoms. The fraction of sp³-hybridized carbons (Fsp3) is 0.250. The number of hydrogen-bond acceptors (Lipinski definition) is 1. The van der Waals surface area contributed by atoms with Crippen LogP contribution in [0.15, 0.2) is 42.5 Å². The lowest BCUT2D eigenvalue weighted by Gasteiger charge is -2.23. The van der Waals surface area contributed by atoms with Crippen molar-refractivity contribution in [3.05, 3.63) is 42.5 Å². The number of amides is 1. The highest BCUT2D eigenvalue weighted by Gasteiger charge is 2.41. The minimum Gasteiger partial charge on any atom is -0.305 e. The molecule has 0 unspecified atom stereocenters. The van der Waals surface area contributed by atoms with Gasteiger partial charge < -0.3 is 4.90 Å². The molecule has 14 heavy (non-hydrogen) atoms. The maximum atomic E-state index is 11.8. The standard InChI is InChI=1S/C12H11NO/c14-12-9-6-7-11(8-9)13(12)10-4-2-1-3-5-10/h1-7,9,11H,8H2/t9-,11-/m0/s1. The Morgan fingerprint density at radius 2 is 1.93 bits per heavy atom. The fourth-order valence-corrected chi connectivity index (χ4v) is 2.30. The minimum absolute atomic E-state index is 0.139. The number of carbonyl (C=O) groups excluding carboxylic acids is 1. The molecular formula is C12H11NO. The van der Waals surface area contributed by atoms with Gasteiger partial charge in [-0.2, -0.15) is 0 Å². The zero-order valence-corrected chi connectivity index (χ0v) is 7.76. The fourth-order valence-electron chi connectivity index (χ4n) is 2.30. The topological polar surface area (TPSA) is 20.3 Å². The van der Waals surface area contributed by atoms with Gasteiger partial charge in [0.1, 0.15) is 0 Å². The molecule has 1 aromatic carbocycles. The Kier molecular flexibility index (Phi) is 1.51. The van der Waals surface area contributed by atoms with Crippen molar-refractivity contribution in [1.29, 1.82) is 0 Å². The zero-order chi connectivity index (χ0) is 9.54. The van der Waals surface area contributed by atoms with Gasteiger partial charge in [-0.25, -0.2) is 0 Å². The van der Waals surface area contributed by atoms with E-state index in [1.54, 1.807) is 0 Å². The van der Waals surface area contributed by atoms with Crippen molar-refractivity contribution in [3.8, 4) is 0 Å². The van der Waals surface area contributed by atoms with Crippen LogP contribution in [-0.2, 0) is 4.79 Å². The molecule has 0 radical (unpaired) electrons. The molecule has 1 aliphatic heterocycles. The summed E-state index contributed by atoms with van der Waals surface area (Å²) >= 11 is 0. The number of anilines is 1. The van der Waals surface area contributed by atoms with Gasteiger partial charge in [-0.3, -0.25) is 4.79 Å². The maximum Gasteiger partial charge on any atom is 0.234 e. The first-order chi connectivity index (χ1) is 6.86. The van der Waals surface area contributed by atoms with Crippen molar-refractivity contribution in [2.45, 2.75) is 12.5 Å². The third kappa shape index (κ3) is 0.939. The molecule has 0 spiro atoms. The summed E-state index contributed by atoms with van der Waals surface area (Å²) in [5, 5.41) is 0. The lowest BCUT2D eigenvalue weighted by atomic mass is 10.1. The lowest BCUT2D eigenvalue weighted by Crippen LogP contribution is -2.34. The molecule has 0 aromatic heterocycles. The molecule has 3 rings (SSSR count). The number of para-hydroxylation sites is 1. The molecule has 2 aliphatic rings. The minimum atomic E-state index is 0.139. The quantitative estimate of drug-likeness (QED) is 0.612. The summed E-state index contributed by atoms with van der Waals surface area (Å²) in [6.07, 6.45) is 5.14. The monoisotopic (exact) mass is 185 g/mol. The molecule has 1 aliphatic carbocycles. The molecule has 2 atom stereocenters. The van der Waals surface area contributed by atoms with E-state index in [-0.39, 0.29) is 11.8 Å². The van der Waals surface area contributed by atoms with Crippen LogP contribution < -0.4 is 4.90 Å². The summed E-state index contributed by atoms with van der Waals surface area (Å²) in [5.74, 6) is 0.393. The Labute approximate surface area is 82.8 Å². The molecule has 0 N–H and O–H groups in total. The average Bonchev–Trinajstić information content (AvgIpc) is 2.79. The second kappa shape index (κ2) is 2.71. The summed E-state index contributed by atoms with van der Waals surface area (Å²) in [4.78, 5) is 13.7. The van der Waals surface area contributed by atoms with Gasteiger partial charge in [-0.15, -0.1) is 0 Å². The van der Waals surface area contributed by atoms with E-state index in [1.165, 1.54) is 0 Å². The molecule has 1 saturated heterocycles. The number of carbonyl (C=O) groups is 1. The van der Waals surface area contributed by atoms with E-state index in [0.717, 1.165) is 12.1 Å². The number of benzene rings is 1. The van der Waals surface area contributed by atoms with Crippen LogP contribution in [0.5, 0.6) is 0 Å². The van der Waals surface area contributed by atoms with Crippen molar-refractivity contribution in [3.63, 3.8) is 0 Å². The van der Waals surface area contributed by atoms with E-state index >= 15 is 0 Å². The third-order valence-electron chi connectivity index (χ3n) is 2.98. The first-order valence-corrected chi connectivity index (χ1v) is 4.93. The Hall–Kier alpha value is -1.57. The number of hydrogen-bond donors (Lipinski definition) is 0. The number of fused-ring (bicyclic) bond motifs is 2. The predicted molar refractivity (Wildman–Crippen MR) is 55.0 cm³/mol. The third-order valence-corrected chi connectivity index (χ3v) is 2.98. The molecule has 1 fully saturated rings. The van der Waals surface area contributed by atoms with Crippen LogP contribution in [0.25, 0.3) is 0 Å².